The average Bonchev–Trinajstić information content (AvgIpc) is 2.46. The zero-order valence-electron chi connectivity index (χ0n) is 11.6. The van der Waals surface area contributed by atoms with E-state index in [-0.39, 0.29) is 4.83 Å². The van der Waals surface area contributed by atoms with Crippen LogP contribution in [0.2, 0.25) is 0 Å². The van der Waals surface area contributed by atoms with Crippen molar-refractivity contribution in [2.45, 2.75) is 29.5 Å². The molecule has 2 heteroatoms. The Morgan fingerprint density at radius 2 is 1.47 bits per heavy atom. The molecule has 0 aliphatic rings. The maximum atomic E-state index is 3.83. The van der Waals surface area contributed by atoms with Crippen molar-refractivity contribution in [1.82, 2.24) is 0 Å². The minimum absolute atomic E-state index is 0.261. The molecule has 2 aromatic rings. The van der Waals surface area contributed by atoms with Crippen molar-refractivity contribution < 1.29 is 0 Å². The molecule has 2 aromatic carbocycles. The first-order valence-corrected chi connectivity index (χ1v) is 8.64. The van der Waals surface area contributed by atoms with E-state index in [1.165, 1.54) is 21.6 Å². The van der Waals surface area contributed by atoms with E-state index in [2.05, 4.69) is 84.6 Å². The highest BCUT2D eigenvalue weighted by molar-refractivity contribution is 9.09. The summed E-state index contributed by atoms with van der Waals surface area (Å²) in [6.07, 6.45) is 2.13. The third kappa shape index (κ3) is 3.43. The molecule has 0 aliphatic carbocycles. The summed E-state index contributed by atoms with van der Waals surface area (Å²) in [6.45, 7) is 4.45. The van der Waals surface area contributed by atoms with Gasteiger partial charge in [0.1, 0.15) is 0 Å². The standard InChI is InChI=1S/C17H19BrS/c1-12(2)13-8-10-14(11-9-13)17(18)15-6-4-5-7-16(15)19-3/h4-12,17H,1-3H3. The molecule has 0 nitrogen and oxygen atoms in total. The van der Waals surface area contributed by atoms with Crippen LogP contribution in [0.1, 0.15) is 41.3 Å². The lowest BCUT2D eigenvalue weighted by Gasteiger charge is -2.15. The fourth-order valence-corrected chi connectivity index (χ4v) is 3.60. The molecule has 0 N–H and O–H groups in total. The van der Waals surface area contributed by atoms with Crippen LogP contribution < -0.4 is 0 Å². The van der Waals surface area contributed by atoms with E-state index in [0.717, 1.165) is 0 Å². The van der Waals surface area contributed by atoms with Crippen molar-refractivity contribution in [2.75, 3.05) is 6.26 Å². The first-order chi connectivity index (χ1) is 9.13. The van der Waals surface area contributed by atoms with Gasteiger partial charge in [-0.15, -0.1) is 11.8 Å². The first-order valence-electron chi connectivity index (χ1n) is 6.50. The van der Waals surface area contributed by atoms with Crippen molar-refractivity contribution in [3.63, 3.8) is 0 Å². The van der Waals surface area contributed by atoms with Crippen LogP contribution in [0, 0.1) is 0 Å². The molecule has 1 atom stereocenters. The Kier molecular flexibility index (Phi) is 5.12. The van der Waals surface area contributed by atoms with Gasteiger partial charge in [-0.1, -0.05) is 72.2 Å². The van der Waals surface area contributed by atoms with Crippen LogP contribution in [0.15, 0.2) is 53.4 Å². The molecule has 0 bridgehead atoms. The predicted molar refractivity (Wildman–Crippen MR) is 89.5 cm³/mol. The van der Waals surface area contributed by atoms with Gasteiger partial charge in [-0.05, 0) is 34.9 Å². The van der Waals surface area contributed by atoms with Gasteiger partial charge in [0.05, 0.1) is 4.83 Å². The molecule has 0 saturated carbocycles. The SMILES string of the molecule is CSc1ccccc1C(Br)c1ccc(C(C)C)cc1. The van der Waals surface area contributed by atoms with Gasteiger partial charge in [0, 0.05) is 4.90 Å². The van der Waals surface area contributed by atoms with Crippen LogP contribution in [0.4, 0.5) is 0 Å². The average molecular weight is 335 g/mol. The molecule has 0 heterocycles. The van der Waals surface area contributed by atoms with Crippen molar-refractivity contribution in [3.05, 3.63) is 65.2 Å². The second-order valence-electron chi connectivity index (χ2n) is 4.93. The lowest BCUT2D eigenvalue weighted by molar-refractivity contribution is 0.865. The highest BCUT2D eigenvalue weighted by Gasteiger charge is 2.13. The second kappa shape index (κ2) is 6.62. The molecule has 100 valence electrons. The molecule has 0 aliphatic heterocycles. The Bertz CT molecular complexity index is 531. The maximum Gasteiger partial charge on any atom is 0.0655 e. The van der Waals surface area contributed by atoms with Crippen LogP contribution in [-0.4, -0.2) is 6.26 Å². The highest BCUT2D eigenvalue weighted by Crippen LogP contribution is 2.36. The Morgan fingerprint density at radius 1 is 0.895 bits per heavy atom. The van der Waals surface area contributed by atoms with Gasteiger partial charge in [-0.25, -0.2) is 0 Å². The maximum absolute atomic E-state index is 3.83. The van der Waals surface area contributed by atoms with E-state index in [1.807, 2.05) is 0 Å². The lowest BCUT2D eigenvalue weighted by Crippen LogP contribution is -1.96. The van der Waals surface area contributed by atoms with E-state index in [0.29, 0.717) is 5.92 Å². The van der Waals surface area contributed by atoms with E-state index < -0.39 is 0 Å². The van der Waals surface area contributed by atoms with E-state index >= 15 is 0 Å². The van der Waals surface area contributed by atoms with Crippen molar-refractivity contribution in [2.24, 2.45) is 0 Å². The predicted octanol–water partition coefficient (Wildman–Crippen LogP) is 6.02. The van der Waals surface area contributed by atoms with E-state index in [4.69, 9.17) is 0 Å². The Labute approximate surface area is 128 Å². The van der Waals surface area contributed by atoms with Crippen LogP contribution >= 0.6 is 27.7 Å². The van der Waals surface area contributed by atoms with Gasteiger partial charge >= 0.3 is 0 Å². The van der Waals surface area contributed by atoms with Gasteiger partial charge in [0.25, 0.3) is 0 Å². The Hall–Kier alpha value is -0.730. The summed E-state index contributed by atoms with van der Waals surface area (Å²) in [4.78, 5) is 1.59. The largest absolute Gasteiger partial charge is 0.129 e. The summed E-state index contributed by atoms with van der Waals surface area (Å²) >= 11 is 5.63. The third-order valence-electron chi connectivity index (χ3n) is 3.31. The van der Waals surface area contributed by atoms with Crippen LogP contribution in [0.3, 0.4) is 0 Å². The summed E-state index contributed by atoms with van der Waals surface area (Å²) in [7, 11) is 0. The molecular weight excluding hydrogens is 316 g/mol. The quantitative estimate of drug-likeness (QED) is 0.486. The monoisotopic (exact) mass is 334 g/mol. The third-order valence-corrected chi connectivity index (χ3v) is 5.14. The van der Waals surface area contributed by atoms with Crippen molar-refractivity contribution >= 4 is 27.7 Å². The smallest absolute Gasteiger partial charge is 0.0655 e. The molecule has 2 rings (SSSR count). The van der Waals surface area contributed by atoms with Gasteiger partial charge in [0.2, 0.25) is 0 Å². The van der Waals surface area contributed by atoms with Crippen LogP contribution in [-0.2, 0) is 0 Å². The second-order valence-corrected chi connectivity index (χ2v) is 6.69. The summed E-state index contributed by atoms with van der Waals surface area (Å²) in [5.41, 5.74) is 4.04. The number of halogens is 1. The van der Waals surface area contributed by atoms with Gasteiger partial charge < -0.3 is 0 Å². The van der Waals surface area contributed by atoms with Crippen LogP contribution in [0.25, 0.3) is 0 Å². The molecule has 0 fully saturated rings. The first kappa shape index (κ1) is 14.7. The number of thioether (sulfide) groups is 1. The minimum atomic E-state index is 0.261. The van der Waals surface area contributed by atoms with Crippen molar-refractivity contribution in [3.8, 4) is 0 Å². The van der Waals surface area contributed by atoms with E-state index in [1.54, 1.807) is 11.8 Å². The molecular formula is C17H19BrS. The molecule has 0 amide bonds. The fourth-order valence-electron chi connectivity index (χ4n) is 2.11. The van der Waals surface area contributed by atoms with Gasteiger partial charge in [-0.2, -0.15) is 0 Å². The number of alkyl halides is 1. The van der Waals surface area contributed by atoms with Crippen LogP contribution in [0.5, 0.6) is 0 Å². The molecule has 1 unspecified atom stereocenters. The summed E-state index contributed by atoms with van der Waals surface area (Å²) < 4.78 is 0. The van der Waals surface area contributed by atoms with Gasteiger partial charge in [-0.3, -0.25) is 0 Å². The molecule has 0 radical (unpaired) electrons. The van der Waals surface area contributed by atoms with Gasteiger partial charge in [0.15, 0.2) is 0 Å². The number of benzene rings is 2. The molecule has 0 spiro atoms. The van der Waals surface area contributed by atoms with Crippen molar-refractivity contribution in [1.29, 1.82) is 0 Å². The Balaban J connectivity index is 2.30. The topological polar surface area (TPSA) is 0 Å². The molecule has 19 heavy (non-hydrogen) atoms. The number of hydrogen-bond donors (Lipinski definition) is 0. The number of hydrogen-bond acceptors (Lipinski definition) is 1. The van der Waals surface area contributed by atoms with E-state index in [9.17, 15) is 0 Å². The zero-order valence-corrected chi connectivity index (χ0v) is 14.0. The number of rotatable bonds is 4. The lowest BCUT2D eigenvalue weighted by atomic mass is 9.99. The molecule has 0 saturated heterocycles. The normalized spacial score (nSPS) is 12.7. The highest BCUT2D eigenvalue weighted by atomic mass is 79.9. The molecule has 0 aromatic heterocycles. The summed E-state index contributed by atoms with van der Waals surface area (Å²) in [6, 6.07) is 17.5. The minimum Gasteiger partial charge on any atom is -0.129 e. The fraction of sp³-hybridized carbons (Fsp3) is 0.294. The summed E-state index contributed by atoms with van der Waals surface area (Å²) in [5.74, 6) is 0.585. The Morgan fingerprint density at radius 3 is 2.05 bits per heavy atom. The summed E-state index contributed by atoms with van der Waals surface area (Å²) in [5, 5.41) is 0. The zero-order chi connectivity index (χ0) is 13.8.